The van der Waals surface area contributed by atoms with Gasteiger partial charge >= 0.3 is 0 Å². The molecule has 0 atom stereocenters. The highest BCUT2D eigenvalue weighted by atomic mass is 15.2. The van der Waals surface area contributed by atoms with Crippen LogP contribution in [-0.2, 0) is 0 Å². The second kappa shape index (κ2) is 3.96. The zero-order chi connectivity index (χ0) is 8.10. The van der Waals surface area contributed by atoms with E-state index in [1.807, 2.05) is 12.2 Å². The van der Waals surface area contributed by atoms with Crippen LogP contribution in [0.2, 0.25) is 0 Å². The van der Waals surface area contributed by atoms with Crippen molar-refractivity contribution in [2.45, 2.75) is 13.3 Å². The Morgan fingerprint density at radius 2 is 2.55 bits per heavy atom. The molecule has 0 aromatic heterocycles. The predicted molar refractivity (Wildman–Crippen MR) is 48.6 cm³/mol. The van der Waals surface area contributed by atoms with E-state index in [4.69, 9.17) is 0 Å². The standard InChI is InChI=1S/C9H14N2/c1-3-7-11-8-5-4-6-9(11)10-2/h4-6H,2-3,7-8H2,1H3. The summed E-state index contributed by atoms with van der Waals surface area (Å²) in [5.74, 6) is 0.995. The molecule has 0 amide bonds. The van der Waals surface area contributed by atoms with Gasteiger partial charge in [-0.1, -0.05) is 19.1 Å². The third-order valence-electron chi connectivity index (χ3n) is 1.69. The fourth-order valence-corrected chi connectivity index (χ4v) is 1.17. The van der Waals surface area contributed by atoms with Gasteiger partial charge in [0.15, 0.2) is 0 Å². The third kappa shape index (κ3) is 1.93. The van der Waals surface area contributed by atoms with Gasteiger partial charge in [-0.25, -0.2) is 4.99 Å². The van der Waals surface area contributed by atoms with Crippen LogP contribution in [0, 0.1) is 0 Å². The Labute approximate surface area is 67.9 Å². The van der Waals surface area contributed by atoms with Crippen LogP contribution >= 0.6 is 0 Å². The van der Waals surface area contributed by atoms with Gasteiger partial charge in [0.1, 0.15) is 5.82 Å². The van der Waals surface area contributed by atoms with E-state index in [0.29, 0.717) is 0 Å². The van der Waals surface area contributed by atoms with Crippen molar-refractivity contribution in [3.63, 3.8) is 0 Å². The first-order valence-corrected chi connectivity index (χ1v) is 3.97. The Hall–Kier alpha value is -1.05. The Balaban J connectivity index is 2.59. The molecule has 1 rings (SSSR count). The van der Waals surface area contributed by atoms with Crippen molar-refractivity contribution in [3.05, 3.63) is 24.0 Å². The van der Waals surface area contributed by atoms with Crippen LogP contribution in [0.25, 0.3) is 0 Å². The van der Waals surface area contributed by atoms with Crippen LogP contribution in [0.3, 0.4) is 0 Å². The van der Waals surface area contributed by atoms with Gasteiger partial charge in [-0.15, -0.1) is 0 Å². The van der Waals surface area contributed by atoms with Crippen molar-refractivity contribution >= 4 is 6.72 Å². The molecule has 0 fully saturated rings. The molecule has 1 heterocycles. The van der Waals surface area contributed by atoms with E-state index in [1.54, 1.807) is 0 Å². The largest absolute Gasteiger partial charge is 0.353 e. The van der Waals surface area contributed by atoms with Crippen LogP contribution in [-0.4, -0.2) is 24.7 Å². The second-order valence-electron chi connectivity index (χ2n) is 2.56. The summed E-state index contributed by atoms with van der Waals surface area (Å²) in [6, 6.07) is 0. The highest BCUT2D eigenvalue weighted by Gasteiger charge is 2.06. The maximum atomic E-state index is 3.93. The molecule has 1 aliphatic rings. The first-order chi connectivity index (χ1) is 5.38. The summed E-state index contributed by atoms with van der Waals surface area (Å²) < 4.78 is 0. The zero-order valence-electron chi connectivity index (χ0n) is 6.95. The van der Waals surface area contributed by atoms with Gasteiger partial charge < -0.3 is 4.90 Å². The average Bonchev–Trinajstić information content (AvgIpc) is 2.06. The minimum Gasteiger partial charge on any atom is -0.353 e. The summed E-state index contributed by atoms with van der Waals surface area (Å²) in [5.41, 5.74) is 0. The lowest BCUT2D eigenvalue weighted by molar-refractivity contribution is 0.373. The molecule has 0 bridgehead atoms. The molecule has 0 saturated heterocycles. The zero-order valence-corrected chi connectivity index (χ0v) is 6.95. The number of aliphatic imine (C=N–C) groups is 1. The third-order valence-corrected chi connectivity index (χ3v) is 1.69. The quantitative estimate of drug-likeness (QED) is 0.560. The minimum absolute atomic E-state index is 0.971. The van der Waals surface area contributed by atoms with Crippen molar-refractivity contribution in [2.24, 2.45) is 4.99 Å². The maximum Gasteiger partial charge on any atom is 0.127 e. The predicted octanol–water partition coefficient (Wildman–Crippen LogP) is 1.81. The number of hydrogen-bond acceptors (Lipinski definition) is 2. The van der Waals surface area contributed by atoms with Crippen LogP contribution < -0.4 is 0 Å². The molecule has 0 aromatic rings. The molecule has 60 valence electrons. The fraction of sp³-hybridized carbons (Fsp3) is 0.444. The Morgan fingerprint density at radius 3 is 3.18 bits per heavy atom. The number of nitrogens with zero attached hydrogens (tertiary/aromatic N) is 2. The lowest BCUT2D eigenvalue weighted by atomic mass is 10.3. The van der Waals surface area contributed by atoms with E-state index < -0.39 is 0 Å². The minimum atomic E-state index is 0.971. The monoisotopic (exact) mass is 150 g/mol. The van der Waals surface area contributed by atoms with Gasteiger partial charge in [0.25, 0.3) is 0 Å². The van der Waals surface area contributed by atoms with Crippen molar-refractivity contribution < 1.29 is 0 Å². The summed E-state index contributed by atoms with van der Waals surface area (Å²) in [6.07, 6.45) is 7.30. The van der Waals surface area contributed by atoms with Gasteiger partial charge in [0.2, 0.25) is 0 Å². The maximum absolute atomic E-state index is 3.93. The molecule has 0 aliphatic carbocycles. The Morgan fingerprint density at radius 1 is 1.73 bits per heavy atom. The lowest BCUT2D eigenvalue weighted by Crippen LogP contribution is -2.24. The summed E-state index contributed by atoms with van der Waals surface area (Å²) in [6.45, 7) is 7.72. The van der Waals surface area contributed by atoms with Crippen molar-refractivity contribution in [1.82, 2.24) is 4.90 Å². The van der Waals surface area contributed by atoms with E-state index in [-0.39, 0.29) is 0 Å². The molecule has 0 aromatic carbocycles. The van der Waals surface area contributed by atoms with Gasteiger partial charge in [0.05, 0.1) is 0 Å². The summed E-state index contributed by atoms with van der Waals surface area (Å²) in [7, 11) is 0. The van der Waals surface area contributed by atoms with Crippen molar-refractivity contribution in [1.29, 1.82) is 0 Å². The molecule has 0 unspecified atom stereocenters. The van der Waals surface area contributed by atoms with Gasteiger partial charge in [0, 0.05) is 13.1 Å². The van der Waals surface area contributed by atoms with Crippen LogP contribution in [0.15, 0.2) is 29.0 Å². The topological polar surface area (TPSA) is 15.6 Å². The molecular weight excluding hydrogens is 136 g/mol. The summed E-state index contributed by atoms with van der Waals surface area (Å²) in [5, 5.41) is 0. The van der Waals surface area contributed by atoms with Crippen molar-refractivity contribution in [3.8, 4) is 0 Å². The Bertz CT molecular complexity index is 192. The molecule has 11 heavy (non-hydrogen) atoms. The van der Waals surface area contributed by atoms with E-state index in [2.05, 4.69) is 29.6 Å². The highest BCUT2D eigenvalue weighted by Crippen LogP contribution is 2.10. The summed E-state index contributed by atoms with van der Waals surface area (Å²) in [4.78, 5) is 6.15. The number of hydrogen-bond donors (Lipinski definition) is 0. The van der Waals surface area contributed by atoms with E-state index in [0.717, 1.165) is 25.3 Å². The van der Waals surface area contributed by atoms with Gasteiger partial charge in [-0.2, -0.15) is 0 Å². The Kier molecular flexibility index (Phi) is 2.90. The second-order valence-corrected chi connectivity index (χ2v) is 2.56. The number of allylic oxidation sites excluding steroid dienone is 2. The lowest BCUT2D eigenvalue weighted by Gasteiger charge is -2.24. The van der Waals surface area contributed by atoms with E-state index >= 15 is 0 Å². The smallest absolute Gasteiger partial charge is 0.127 e. The van der Waals surface area contributed by atoms with Gasteiger partial charge in [-0.3, -0.25) is 0 Å². The molecular formula is C9H14N2. The molecule has 0 saturated carbocycles. The first kappa shape index (κ1) is 8.05. The molecule has 1 aliphatic heterocycles. The average molecular weight is 150 g/mol. The highest BCUT2D eigenvalue weighted by molar-refractivity contribution is 5.31. The fourth-order valence-electron chi connectivity index (χ4n) is 1.17. The first-order valence-electron chi connectivity index (χ1n) is 3.97. The summed E-state index contributed by atoms with van der Waals surface area (Å²) >= 11 is 0. The molecule has 2 heteroatoms. The van der Waals surface area contributed by atoms with Crippen molar-refractivity contribution in [2.75, 3.05) is 13.1 Å². The van der Waals surface area contributed by atoms with Crippen LogP contribution in [0.1, 0.15) is 13.3 Å². The van der Waals surface area contributed by atoms with E-state index in [1.165, 1.54) is 0 Å². The number of rotatable bonds is 3. The molecule has 0 radical (unpaired) electrons. The molecule has 2 nitrogen and oxygen atoms in total. The molecule has 0 N–H and O–H groups in total. The molecule has 0 spiro atoms. The van der Waals surface area contributed by atoms with Gasteiger partial charge in [-0.05, 0) is 19.2 Å². The SMILES string of the molecule is C=NC1=CC=CCN1CCC. The normalized spacial score (nSPS) is 16.5. The van der Waals surface area contributed by atoms with Crippen LogP contribution in [0.4, 0.5) is 0 Å². The van der Waals surface area contributed by atoms with Crippen LogP contribution in [0.5, 0.6) is 0 Å². The van der Waals surface area contributed by atoms with E-state index in [9.17, 15) is 0 Å².